The van der Waals surface area contributed by atoms with Crippen molar-refractivity contribution in [2.45, 2.75) is 25.1 Å². The van der Waals surface area contributed by atoms with Crippen LogP contribution >= 0.6 is 22.9 Å². The number of halogens is 4. The summed E-state index contributed by atoms with van der Waals surface area (Å²) in [5, 5.41) is 8.24. The maximum atomic E-state index is 13.7. The van der Waals surface area contributed by atoms with Crippen molar-refractivity contribution in [2.24, 2.45) is 0 Å². The molecule has 0 unspecified atom stereocenters. The molecular weight excluding hydrogens is 427 g/mol. The third kappa shape index (κ3) is 3.96. The van der Waals surface area contributed by atoms with E-state index in [4.69, 9.17) is 11.6 Å². The van der Waals surface area contributed by atoms with E-state index in [9.17, 15) is 18.0 Å². The van der Waals surface area contributed by atoms with E-state index in [0.29, 0.717) is 9.39 Å². The van der Waals surface area contributed by atoms with Gasteiger partial charge in [0.2, 0.25) is 0 Å². The number of nitrogens with zero attached hydrogens (tertiary/aromatic N) is 4. The van der Waals surface area contributed by atoms with Crippen molar-refractivity contribution in [2.75, 3.05) is 20.1 Å². The summed E-state index contributed by atoms with van der Waals surface area (Å²) >= 11 is 7.53. The normalized spacial score (nSPS) is 16.4. The van der Waals surface area contributed by atoms with Crippen molar-refractivity contribution in [3.05, 3.63) is 40.0 Å². The van der Waals surface area contributed by atoms with E-state index in [0.717, 1.165) is 32.0 Å². The zero-order chi connectivity index (χ0) is 20.8. The molecule has 0 bridgehead atoms. The molecule has 0 atom stereocenters. The Morgan fingerprint density at radius 3 is 2.69 bits per heavy atom. The van der Waals surface area contributed by atoms with E-state index in [2.05, 4.69) is 20.3 Å². The van der Waals surface area contributed by atoms with Crippen molar-refractivity contribution in [1.82, 2.24) is 24.8 Å². The van der Waals surface area contributed by atoms with Crippen LogP contribution in [-0.2, 0) is 6.18 Å². The first kappa shape index (κ1) is 20.1. The summed E-state index contributed by atoms with van der Waals surface area (Å²) in [7, 11) is 1.99. The van der Waals surface area contributed by atoms with Crippen LogP contribution in [0.1, 0.15) is 29.0 Å². The second-order valence-electron chi connectivity index (χ2n) is 6.95. The lowest BCUT2D eigenvalue weighted by Gasteiger charge is -2.29. The Labute approximate surface area is 173 Å². The molecule has 1 N–H and O–H groups in total. The molecule has 0 saturated carbocycles. The van der Waals surface area contributed by atoms with E-state index in [1.807, 2.05) is 7.05 Å². The number of piperidine rings is 1. The number of thiophene rings is 1. The van der Waals surface area contributed by atoms with Gasteiger partial charge in [-0.05, 0) is 50.5 Å². The van der Waals surface area contributed by atoms with E-state index < -0.39 is 17.8 Å². The highest BCUT2D eigenvalue weighted by Gasteiger charge is 2.37. The van der Waals surface area contributed by atoms with Gasteiger partial charge in [0, 0.05) is 6.04 Å². The van der Waals surface area contributed by atoms with Gasteiger partial charge >= 0.3 is 6.18 Å². The van der Waals surface area contributed by atoms with Crippen LogP contribution in [0.25, 0.3) is 16.2 Å². The van der Waals surface area contributed by atoms with Crippen LogP contribution in [-0.4, -0.2) is 51.6 Å². The Kier molecular flexibility index (Phi) is 5.26. The number of hydrogen-bond donors (Lipinski definition) is 1. The largest absolute Gasteiger partial charge is 0.433 e. The zero-order valence-electron chi connectivity index (χ0n) is 15.3. The highest BCUT2D eigenvalue weighted by atomic mass is 35.5. The first-order valence-electron chi connectivity index (χ1n) is 8.94. The number of carbonyl (C=O) groups excluding carboxylic acids is 1. The number of aromatic nitrogens is 3. The highest BCUT2D eigenvalue weighted by Crippen LogP contribution is 2.35. The Morgan fingerprint density at radius 2 is 2.07 bits per heavy atom. The van der Waals surface area contributed by atoms with Gasteiger partial charge in [0.15, 0.2) is 17.0 Å². The predicted octanol–water partition coefficient (Wildman–Crippen LogP) is 3.95. The SMILES string of the molecule is CN1CCC(NC(=O)c2nn3c(C(F)(F)F)cc(-c4cccs4)nc3c2Cl)CC1. The summed E-state index contributed by atoms with van der Waals surface area (Å²) < 4.78 is 41.6. The van der Waals surface area contributed by atoms with E-state index in [1.54, 1.807) is 17.5 Å². The Morgan fingerprint density at radius 1 is 1.34 bits per heavy atom. The van der Waals surface area contributed by atoms with Gasteiger partial charge in [-0.1, -0.05) is 17.7 Å². The van der Waals surface area contributed by atoms with Gasteiger partial charge in [0.1, 0.15) is 5.02 Å². The molecule has 3 aromatic heterocycles. The minimum atomic E-state index is -4.69. The zero-order valence-corrected chi connectivity index (χ0v) is 16.9. The summed E-state index contributed by atoms with van der Waals surface area (Å²) in [6.45, 7) is 1.65. The van der Waals surface area contributed by atoms with Gasteiger partial charge < -0.3 is 10.2 Å². The number of alkyl halides is 3. The standard InChI is InChI=1S/C18H17ClF3N5OS/c1-26-6-4-10(5-7-26)23-17(28)15-14(19)16-24-11(12-3-2-8-29-12)9-13(18(20,21)22)27(16)25-15/h2-3,8-10H,4-7H2,1H3,(H,23,28). The van der Waals surface area contributed by atoms with E-state index >= 15 is 0 Å². The second-order valence-corrected chi connectivity index (χ2v) is 8.28. The molecule has 3 aromatic rings. The van der Waals surface area contributed by atoms with Crippen molar-refractivity contribution < 1.29 is 18.0 Å². The van der Waals surface area contributed by atoms with Crippen LogP contribution in [0.15, 0.2) is 23.6 Å². The van der Waals surface area contributed by atoms with Gasteiger partial charge in [-0.2, -0.15) is 18.3 Å². The smallest absolute Gasteiger partial charge is 0.348 e. The topological polar surface area (TPSA) is 62.5 Å². The van der Waals surface area contributed by atoms with Gasteiger partial charge in [-0.25, -0.2) is 9.50 Å². The highest BCUT2D eigenvalue weighted by molar-refractivity contribution is 7.13. The summed E-state index contributed by atoms with van der Waals surface area (Å²) in [4.78, 5) is 19.6. The molecule has 29 heavy (non-hydrogen) atoms. The van der Waals surface area contributed by atoms with Gasteiger partial charge in [0.05, 0.1) is 10.6 Å². The number of likely N-dealkylation sites (tertiary alicyclic amines) is 1. The maximum absolute atomic E-state index is 13.7. The lowest BCUT2D eigenvalue weighted by molar-refractivity contribution is -0.142. The fourth-order valence-corrected chi connectivity index (χ4v) is 4.23. The Bertz CT molecular complexity index is 1040. The number of amides is 1. The van der Waals surface area contributed by atoms with E-state index in [1.165, 1.54) is 11.3 Å². The fraction of sp³-hybridized carbons (Fsp3) is 0.389. The minimum absolute atomic E-state index is 0.0729. The lowest BCUT2D eigenvalue weighted by Crippen LogP contribution is -2.43. The molecule has 11 heteroatoms. The quantitative estimate of drug-likeness (QED) is 0.665. The molecule has 0 radical (unpaired) electrons. The number of nitrogens with one attached hydrogen (secondary N) is 1. The Hall–Kier alpha value is -2.17. The predicted molar refractivity (Wildman–Crippen MR) is 104 cm³/mol. The van der Waals surface area contributed by atoms with Crippen LogP contribution in [0.2, 0.25) is 5.02 Å². The molecule has 1 aliphatic rings. The molecule has 4 heterocycles. The molecule has 1 fully saturated rings. The summed E-state index contributed by atoms with van der Waals surface area (Å²) in [5.74, 6) is -0.596. The third-order valence-corrected chi connectivity index (χ3v) is 6.11. The van der Waals surface area contributed by atoms with Crippen molar-refractivity contribution in [1.29, 1.82) is 0 Å². The molecular formula is C18H17ClF3N5OS. The van der Waals surface area contributed by atoms with Crippen LogP contribution < -0.4 is 5.32 Å². The number of carbonyl (C=O) groups is 1. The van der Waals surface area contributed by atoms with Gasteiger partial charge in [-0.15, -0.1) is 11.3 Å². The molecule has 1 saturated heterocycles. The molecule has 0 aromatic carbocycles. The van der Waals surface area contributed by atoms with Crippen LogP contribution in [0.3, 0.4) is 0 Å². The number of rotatable bonds is 3. The van der Waals surface area contributed by atoms with Crippen molar-refractivity contribution in [3.63, 3.8) is 0 Å². The molecule has 1 aliphatic heterocycles. The molecule has 4 rings (SSSR count). The van der Waals surface area contributed by atoms with Gasteiger partial charge in [-0.3, -0.25) is 4.79 Å². The average Bonchev–Trinajstić information content (AvgIpc) is 3.31. The first-order chi connectivity index (χ1) is 13.7. The molecule has 0 spiro atoms. The second kappa shape index (κ2) is 7.58. The monoisotopic (exact) mass is 443 g/mol. The number of hydrogen-bond acceptors (Lipinski definition) is 5. The van der Waals surface area contributed by atoms with Crippen LogP contribution in [0, 0.1) is 0 Å². The van der Waals surface area contributed by atoms with Crippen LogP contribution in [0.5, 0.6) is 0 Å². The maximum Gasteiger partial charge on any atom is 0.433 e. The summed E-state index contributed by atoms with van der Waals surface area (Å²) in [6.07, 6.45) is -3.19. The van der Waals surface area contributed by atoms with Crippen molar-refractivity contribution in [3.8, 4) is 10.6 Å². The lowest BCUT2D eigenvalue weighted by atomic mass is 10.1. The molecule has 6 nitrogen and oxygen atoms in total. The molecule has 154 valence electrons. The summed E-state index contributed by atoms with van der Waals surface area (Å²) in [5.41, 5.74) is -1.36. The number of fused-ring (bicyclic) bond motifs is 1. The Balaban J connectivity index is 1.75. The third-order valence-electron chi connectivity index (χ3n) is 4.87. The van der Waals surface area contributed by atoms with Crippen molar-refractivity contribution >= 4 is 34.5 Å². The fourth-order valence-electron chi connectivity index (χ4n) is 3.30. The van der Waals surface area contributed by atoms with Crippen LogP contribution in [0.4, 0.5) is 13.2 Å². The first-order valence-corrected chi connectivity index (χ1v) is 10.2. The van der Waals surface area contributed by atoms with E-state index in [-0.39, 0.29) is 28.1 Å². The summed E-state index contributed by atoms with van der Waals surface area (Å²) in [6, 6.07) is 4.23. The minimum Gasteiger partial charge on any atom is -0.348 e. The van der Waals surface area contributed by atoms with Gasteiger partial charge in [0.25, 0.3) is 5.91 Å². The molecule has 1 amide bonds. The average molecular weight is 444 g/mol. The molecule has 0 aliphatic carbocycles.